The van der Waals surface area contributed by atoms with Crippen LogP contribution in [0.1, 0.15) is 56.6 Å². The predicted molar refractivity (Wildman–Crippen MR) is 83.6 cm³/mol. The van der Waals surface area contributed by atoms with Crippen molar-refractivity contribution in [2.75, 3.05) is 0 Å². The Hall–Kier alpha value is -0.820. The highest BCUT2D eigenvalue weighted by Gasteiger charge is 2.50. The first-order chi connectivity index (χ1) is 9.75. The molecule has 0 unspecified atom stereocenters. The molecule has 0 amide bonds. The molecule has 4 aliphatic rings. The van der Waals surface area contributed by atoms with Crippen LogP contribution in [0, 0.1) is 17.8 Å². The molecule has 1 aromatic rings. The van der Waals surface area contributed by atoms with E-state index in [0.717, 1.165) is 30.7 Å². The van der Waals surface area contributed by atoms with E-state index in [4.69, 9.17) is 0 Å². The van der Waals surface area contributed by atoms with Crippen molar-refractivity contribution in [2.45, 2.75) is 64.0 Å². The van der Waals surface area contributed by atoms with E-state index < -0.39 is 0 Å². The standard InChI is InChI=1S/C19H27N/c1-2-14-3-5-15(6-4-14)13-20-19-10-16-7-17(11-19)9-18(8-16)12-19/h3-6,16-18,20H,2,7-13H2,1H3. The van der Waals surface area contributed by atoms with E-state index in [1.165, 1.54) is 49.7 Å². The number of rotatable bonds is 4. The summed E-state index contributed by atoms with van der Waals surface area (Å²) in [5, 5.41) is 3.98. The third-order valence-electron chi connectivity index (χ3n) is 6.14. The largest absolute Gasteiger partial charge is 0.307 e. The third-order valence-corrected chi connectivity index (χ3v) is 6.14. The minimum atomic E-state index is 0.498. The van der Waals surface area contributed by atoms with Crippen LogP contribution in [0.15, 0.2) is 24.3 Å². The van der Waals surface area contributed by atoms with E-state index in [1.54, 1.807) is 0 Å². The van der Waals surface area contributed by atoms with E-state index in [9.17, 15) is 0 Å². The number of hydrogen-bond donors (Lipinski definition) is 1. The van der Waals surface area contributed by atoms with E-state index in [2.05, 4.69) is 36.5 Å². The number of hydrogen-bond acceptors (Lipinski definition) is 1. The first-order valence-electron chi connectivity index (χ1n) is 8.57. The number of benzene rings is 1. The molecule has 1 heteroatoms. The van der Waals surface area contributed by atoms with Gasteiger partial charge in [0, 0.05) is 12.1 Å². The molecule has 1 N–H and O–H groups in total. The lowest BCUT2D eigenvalue weighted by Crippen LogP contribution is -2.58. The summed E-state index contributed by atoms with van der Waals surface area (Å²) >= 11 is 0. The highest BCUT2D eigenvalue weighted by Crippen LogP contribution is 2.55. The lowest BCUT2D eigenvalue weighted by atomic mass is 9.53. The average Bonchev–Trinajstić information content (AvgIpc) is 2.44. The average molecular weight is 269 g/mol. The summed E-state index contributed by atoms with van der Waals surface area (Å²) in [6.45, 7) is 3.29. The van der Waals surface area contributed by atoms with Crippen molar-refractivity contribution >= 4 is 0 Å². The zero-order chi connectivity index (χ0) is 13.6. The van der Waals surface area contributed by atoms with Gasteiger partial charge in [0.15, 0.2) is 0 Å². The van der Waals surface area contributed by atoms with Crippen molar-refractivity contribution < 1.29 is 0 Å². The Bertz CT molecular complexity index is 438. The van der Waals surface area contributed by atoms with Gasteiger partial charge in [-0.1, -0.05) is 31.2 Å². The second-order valence-electron chi connectivity index (χ2n) is 7.72. The van der Waals surface area contributed by atoms with Crippen molar-refractivity contribution in [2.24, 2.45) is 17.8 Å². The van der Waals surface area contributed by atoms with Gasteiger partial charge in [-0.05, 0) is 73.8 Å². The third kappa shape index (κ3) is 2.30. The van der Waals surface area contributed by atoms with Gasteiger partial charge in [0.25, 0.3) is 0 Å². The molecule has 4 aliphatic carbocycles. The Morgan fingerprint density at radius 1 is 0.900 bits per heavy atom. The molecule has 0 aliphatic heterocycles. The van der Waals surface area contributed by atoms with Gasteiger partial charge in [0.2, 0.25) is 0 Å². The van der Waals surface area contributed by atoms with E-state index in [1.807, 2.05) is 0 Å². The smallest absolute Gasteiger partial charge is 0.0210 e. The monoisotopic (exact) mass is 269 g/mol. The molecule has 0 atom stereocenters. The van der Waals surface area contributed by atoms with Gasteiger partial charge in [0.1, 0.15) is 0 Å². The van der Waals surface area contributed by atoms with Crippen LogP contribution in [0.4, 0.5) is 0 Å². The molecular formula is C19H27N. The summed E-state index contributed by atoms with van der Waals surface area (Å²) in [5.41, 5.74) is 3.40. The Morgan fingerprint density at radius 2 is 1.40 bits per heavy atom. The van der Waals surface area contributed by atoms with E-state index >= 15 is 0 Å². The molecule has 4 bridgehead atoms. The molecule has 0 radical (unpaired) electrons. The topological polar surface area (TPSA) is 12.0 Å². The molecule has 1 nitrogen and oxygen atoms in total. The van der Waals surface area contributed by atoms with Crippen molar-refractivity contribution in [1.29, 1.82) is 0 Å². The molecule has 1 aromatic carbocycles. The number of nitrogens with one attached hydrogen (secondary N) is 1. The first kappa shape index (κ1) is 12.9. The molecule has 108 valence electrons. The molecule has 20 heavy (non-hydrogen) atoms. The fourth-order valence-electron chi connectivity index (χ4n) is 5.51. The minimum Gasteiger partial charge on any atom is -0.307 e. The Kier molecular flexibility index (Phi) is 3.14. The lowest BCUT2D eigenvalue weighted by Gasteiger charge is -2.57. The van der Waals surface area contributed by atoms with Crippen molar-refractivity contribution in [3.05, 3.63) is 35.4 Å². The quantitative estimate of drug-likeness (QED) is 0.859. The molecule has 0 aromatic heterocycles. The maximum atomic E-state index is 3.98. The van der Waals surface area contributed by atoms with Gasteiger partial charge in [-0.2, -0.15) is 0 Å². The molecule has 4 fully saturated rings. The first-order valence-corrected chi connectivity index (χ1v) is 8.57. The van der Waals surface area contributed by atoms with Crippen LogP contribution >= 0.6 is 0 Å². The summed E-state index contributed by atoms with van der Waals surface area (Å²) in [5.74, 6) is 3.11. The molecule has 4 saturated carbocycles. The molecular weight excluding hydrogens is 242 g/mol. The van der Waals surface area contributed by atoms with Crippen LogP contribution in [0.25, 0.3) is 0 Å². The second kappa shape index (κ2) is 4.87. The molecule has 5 rings (SSSR count). The van der Waals surface area contributed by atoms with Crippen molar-refractivity contribution in [3.8, 4) is 0 Å². The summed E-state index contributed by atoms with van der Waals surface area (Å²) in [4.78, 5) is 0. The molecule has 0 saturated heterocycles. The zero-order valence-electron chi connectivity index (χ0n) is 12.7. The highest BCUT2D eigenvalue weighted by atomic mass is 15.0. The fraction of sp³-hybridized carbons (Fsp3) is 0.684. The van der Waals surface area contributed by atoms with Gasteiger partial charge in [0.05, 0.1) is 0 Å². The Balaban J connectivity index is 1.43. The van der Waals surface area contributed by atoms with Crippen molar-refractivity contribution in [1.82, 2.24) is 5.32 Å². The van der Waals surface area contributed by atoms with Gasteiger partial charge in [-0.25, -0.2) is 0 Å². The van der Waals surface area contributed by atoms with Gasteiger partial charge in [-0.3, -0.25) is 0 Å². The summed E-state index contributed by atoms with van der Waals surface area (Å²) in [6, 6.07) is 9.20. The van der Waals surface area contributed by atoms with Crippen LogP contribution in [-0.2, 0) is 13.0 Å². The predicted octanol–water partition coefficient (Wildman–Crippen LogP) is 4.31. The van der Waals surface area contributed by atoms with Gasteiger partial charge >= 0.3 is 0 Å². The SMILES string of the molecule is CCc1ccc(CNC23CC4CC(CC(C4)C2)C3)cc1. The van der Waals surface area contributed by atoms with E-state index in [0.29, 0.717) is 5.54 Å². The maximum Gasteiger partial charge on any atom is 0.0210 e. The van der Waals surface area contributed by atoms with Gasteiger partial charge in [-0.15, -0.1) is 0 Å². The summed E-state index contributed by atoms with van der Waals surface area (Å²) < 4.78 is 0. The van der Waals surface area contributed by atoms with Crippen molar-refractivity contribution in [3.63, 3.8) is 0 Å². The minimum absolute atomic E-state index is 0.498. The van der Waals surface area contributed by atoms with Crippen LogP contribution in [-0.4, -0.2) is 5.54 Å². The molecule has 0 spiro atoms. The number of aryl methyl sites for hydroxylation is 1. The summed E-state index contributed by atoms with van der Waals surface area (Å²) in [6.07, 6.45) is 10.1. The zero-order valence-corrected chi connectivity index (χ0v) is 12.7. The van der Waals surface area contributed by atoms with Crippen LogP contribution in [0.5, 0.6) is 0 Å². The van der Waals surface area contributed by atoms with E-state index in [-0.39, 0.29) is 0 Å². The Morgan fingerprint density at radius 3 is 1.90 bits per heavy atom. The second-order valence-corrected chi connectivity index (χ2v) is 7.72. The normalized spacial score (nSPS) is 38.4. The maximum absolute atomic E-state index is 3.98. The van der Waals surface area contributed by atoms with Crippen LogP contribution < -0.4 is 5.32 Å². The fourth-order valence-corrected chi connectivity index (χ4v) is 5.51. The van der Waals surface area contributed by atoms with Crippen LogP contribution in [0.2, 0.25) is 0 Å². The Labute approximate surface area is 123 Å². The van der Waals surface area contributed by atoms with Gasteiger partial charge < -0.3 is 5.32 Å². The summed E-state index contributed by atoms with van der Waals surface area (Å²) in [7, 11) is 0. The highest BCUT2D eigenvalue weighted by molar-refractivity contribution is 5.22. The lowest BCUT2D eigenvalue weighted by molar-refractivity contribution is -0.0206. The molecule has 0 heterocycles. The van der Waals surface area contributed by atoms with Crippen LogP contribution in [0.3, 0.4) is 0 Å².